The molecule has 5 heteroatoms. The first-order chi connectivity index (χ1) is 10.2. The van der Waals surface area contributed by atoms with Crippen molar-refractivity contribution in [2.24, 2.45) is 5.73 Å². The number of hydrogen-bond acceptors (Lipinski definition) is 3. The molecule has 1 atom stereocenters. The van der Waals surface area contributed by atoms with Crippen molar-refractivity contribution in [3.05, 3.63) is 52.3 Å². The predicted octanol–water partition coefficient (Wildman–Crippen LogP) is 3.19. The van der Waals surface area contributed by atoms with Crippen LogP contribution in [0.4, 0.5) is 0 Å². The molecule has 0 aliphatic carbocycles. The monoisotopic (exact) mass is 350 g/mol. The van der Waals surface area contributed by atoms with E-state index in [1.807, 2.05) is 16.9 Å². The Hall–Kier alpha value is -1.17. The average Bonchev–Trinajstić information content (AvgIpc) is 2.91. The van der Waals surface area contributed by atoms with Crippen LogP contribution in [0.1, 0.15) is 30.5 Å². The quantitative estimate of drug-likeness (QED) is 0.833. The molecule has 2 N–H and O–H groups in total. The molecule has 21 heavy (non-hydrogen) atoms. The minimum Gasteiger partial charge on any atom is -0.329 e. The Morgan fingerprint density at radius 1 is 1.38 bits per heavy atom. The van der Waals surface area contributed by atoms with Crippen molar-refractivity contribution in [3.8, 4) is 0 Å². The summed E-state index contributed by atoms with van der Waals surface area (Å²) in [4.78, 5) is 2.27. The fourth-order valence-electron chi connectivity index (χ4n) is 2.48. The maximum absolute atomic E-state index is 5.99. The summed E-state index contributed by atoms with van der Waals surface area (Å²) in [5, 5.41) is 4.41. The van der Waals surface area contributed by atoms with Gasteiger partial charge in [0.1, 0.15) is 0 Å². The molecule has 0 aliphatic heterocycles. The standard InChI is InChI=1S/C16H23BrN4/c1-3-8-21-12-14(10-19-21)16(9-18)20(2)11-13-6-4-5-7-15(13)17/h4-7,10,12,16H,3,8-9,11,18H2,1-2H3. The summed E-state index contributed by atoms with van der Waals surface area (Å²) in [6.45, 7) is 4.53. The molecule has 0 spiro atoms. The van der Waals surface area contributed by atoms with Crippen molar-refractivity contribution < 1.29 is 0 Å². The summed E-state index contributed by atoms with van der Waals surface area (Å²) in [6.07, 6.45) is 5.13. The second kappa shape index (κ2) is 7.73. The third-order valence-electron chi connectivity index (χ3n) is 3.62. The van der Waals surface area contributed by atoms with Crippen LogP contribution in [0.5, 0.6) is 0 Å². The Morgan fingerprint density at radius 2 is 2.14 bits per heavy atom. The van der Waals surface area contributed by atoms with Crippen molar-refractivity contribution in [1.82, 2.24) is 14.7 Å². The lowest BCUT2D eigenvalue weighted by Crippen LogP contribution is -2.30. The van der Waals surface area contributed by atoms with E-state index >= 15 is 0 Å². The molecule has 1 aromatic heterocycles. The molecule has 0 aliphatic rings. The fraction of sp³-hybridized carbons (Fsp3) is 0.438. The van der Waals surface area contributed by atoms with Crippen LogP contribution in [0.25, 0.3) is 0 Å². The molecule has 114 valence electrons. The van der Waals surface area contributed by atoms with E-state index in [4.69, 9.17) is 5.73 Å². The topological polar surface area (TPSA) is 47.1 Å². The average molecular weight is 351 g/mol. The van der Waals surface area contributed by atoms with Crippen molar-refractivity contribution in [2.45, 2.75) is 32.5 Å². The van der Waals surface area contributed by atoms with Crippen LogP contribution in [0.3, 0.4) is 0 Å². The number of nitrogens with two attached hydrogens (primary N) is 1. The largest absolute Gasteiger partial charge is 0.329 e. The number of rotatable bonds is 7. The highest BCUT2D eigenvalue weighted by Crippen LogP contribution is 2.23. The van der Waals surface area contributed by atoms with Gasteiger partial charge in [0.05, 0.1) is 12.2 Å². The number of hydrogen-bond donors (Lipinski definition) is 1. The highest BCUT2D eigenvalue weighted by atomic mass is 79.9. The molecule has 0 amide bonds. The first kappa shape index (κ1) is 16.2. The van der Waals surface area contributed by atoms with Crippen molar-refractivity contribution in [3.63, 3.8) is 0 Å². The van der Waals surface area contributed by atoms with E-state index in [0.717, 1.165) is 24.0 Å². The van der Waals surface area contributed by atoms with Gasteiger partial charge in [0, 0.05) is 35.9 Å². The lowest BCUT2D eigenvalue weighted by atomic mass is 10.1. The predicted molar refractivity (Wildman–Crippen MR) is 89.9 cm³/mol. The van der Waals surface area contributed by atoms with Crippen molar-refractivity contribution >= 4 is 15.9 Å². The smallest absolute Gasteiger partial charge is 0.0538 e. The highest BCUT2D eigenvalue weighted by molar-refractivity contribution is 9.10. The Morgan fingerprint density at radius 3 is 2.81 bits per heavy atom. The zero-order valence-electron chi connectivity index (χ0n) is 12.7. The van der Waals surface area contributed by atoms with Crippen LogP contribution in [-0.2, 0) is 13.1 Å². The zero-order valence-corrected chi connectivity index (χ0v) is 14.3. The van der Waals surface area contributed by atoms with Gasteiger partial charge >= 0.3 is 0 Å². The molecule has 0 fully saturated rings. The Labute approximate surface area is 135 Å². The molecular weight excluding hydrogens is 328 g/mol. The number of aryl methyl sites for hydroxylation is 1. The summed E-state index contributed by atoms with van der Waals surface area (Å²) in [6, 6.07) is 8.48. The van der Waals surface area contributed by atoms with Gasteiger partial charge in [-0.05, 0) is 25.1 Å². The van der Waals surface area contributed by atoms with E-state index in [1.165, 1.54) is 11.1 Å². The third-order valence-corrected chi connectivity index (χ3v) is 4.40. The highest BCUT2D eigenvalue weighted by Gasteiger charge is 2.18. The van der Waals surface area contributed by atoms with E-state index in [2.05, 4.69) is 64.3 Å². The third kappa shape index (κ3) is 4.15. The van der Waals surface area contributed by atoms with Crippen molar-refractivity contribution in [2.75, 3.05) is 13.6 Å². The minimum absolute atomic E-state index is 0.183. The molecule has 4 nitrogen and oxygen atoms in total. The fourth-order valence-corrected chi connectivity index (χ4v) is 2.89. The molecule has 1 heterocycles. The summed E-state index contributed by atoms with van der Waals surface area (Å²) >= 11 is 3.60. The van der Waals surface area contributed by atoms with Gasteiger partial charge in [-0.25, -0.2) is 0 Å². The van der Waals surface area contributed by atoms with E-state index in [0.29, 0.717) is 6.54 Å². The van der Waals surface area contributed by atoms with Crippen LogP contribution in [0, 0.1) is 0 Å². The number of benzene rings is 1. The van der Waals surface area contributed by atoms with Gasteiger partial charge in [0.2, 0.25) is 0 Å². The van der Waals surface area contributed by atoms with Gasteiger partial charge in [-0.1, -0.05) is 41.1 Å². The second-order valence-electron chi connectivity index (χ2n) is 5.29. The van der Waals surface area contributed by atoms with Gasteiger partial charge in [0.25, 0.3) is 0 Å². The number of nitrogens with zero attached hydrogens (tertiary/aromatic N) is 3. The lowest BCUT2D eigenvalue weighted by molar-refractivity contribution is 0.241. The summed E-state index contributed by atoms with van der Waals surface area (Å²) in [5.41, 5.74) is 8.43. The number of halogens is 1. The van der Waals surface area contributed by atoms with Gasteiger partial charge in [-0.2, -0.15) is 5.10 Å². The molecule has 1 unspecified atom stereocenters. The van der Waals surface area contributed by atoms with Crippen LogP contribution in [0.15, 0.2) is 41.1 Å². The normalized spacial score (nSPS) is 12.8. The summed E-state index contributed by atoms with van der Waals surface area (Å²) < 4.78 is 3.12. The first-order valence-corrected chi connectivity index (χ1v) is 8.11. The first-order valence-electron chi connectivity index (χ1n) is 7.31. The summed E-state index contributed by atoms with van der Waals surface area (Å²) in [5.74, 6) is 0. The van der Waals surface area contributed by atoms with Gasteiger partial charge < -0.3 is 5.73 Å². The maximum Gasteiger partial charge on any atom is 0.0538 e. The van der Waals surface area contributed by atoms with Gasteiger partial charge in [0.15, 0.2) is 0 Å². The molecule has 2 aromatic rings. The van der Waals surface area contributed by atoms with E-state index in [1.54, 1.807) is 0 Å². The molecule has 0 bridgehead atoms. The SMILES string of the molecule is CCCn1cc(C(CN)N(C)Cc2ccccc2Br)cn1. The molecule has 2 rings (SSSR count). The van der Waals surface area contributed by atoms with E-state index in [-0.39, 0.29) is 6.04 Å². The zero-order chi connectivity index (χ0) is 15.2. The van der Waals surface area contributed by atoms with Crippen molar-refractivity contribution in [1.29, 1.82) is 0 Å². The van der Waals surface area contributed by atoms with Crippen LogP contribution in [-0.4, -0.2) is 28.3 Å². The minimum atomic E-state index is 0.183. The lowest BCUT2D eigenvalue weighted by Gasteiger charge is -2.26. The van der Waals surface area contributed by atoms with Crippen LogP contribution < -0.4 is 5.73 Å². The molecule has 1 aromatic carbocycles. The number of aromatic nitrogens is 2. The Balaban J connectivity index is 2.10. The second-order valence-corrected chi connectivity index (χ2v) is 6.15. The molecular formula is C16H23BrN4. The Kier molecular flexibility index (Phi) is 5.96. The van der Waals surface area contributed by atoms with Gasteiger partial charge in [-0.3, -0.25) is 9.58 Å². The number of likely N-dealkylation sites (N-methyl/N-ethyl adjacent to an activating group) is 1. The molecule has 0 radical (unpaired) electrons. The van der Waals surface area contributed by atoms with E-state index in [9.17, 15) is 0 Å². The molecule has 0 saturated carbocycles. The van der Waals surface area contributed by atoms with Crippen LogP contribution >= 0.6 is 15.9 Å². The Bertz CT molecular complexity index is 567. The van der Waals surface area contributed by atoms with Crippen LogP contribution in [0.2, 0.25) is 0 Å². The maximum atomic E-state index is 5.99. The summed E-state index contributed by atoms with van der Waals surface area (Å²) in [7, 11) is 2.11. The van der Waals surface area contributed by atoms with Gasteiger partial charge in [-0.15, -0.1) is 0 Å². The molecule has 0 saturated heterocycles. The van der Waals surface area contributed by atoms with E-state index < -0.39 is 0 Å².